The van der Waals surface area contributed by atoms with Gasteiger partial charge in [0.15, 0.2) is 9.84 Å². The zero-order chi connectivity index (χ0) is 23.7. The smallest absolute Gasteiger partial charge is 0.223 e. The third kappa shape index (κ3) is 4.92. The van der Waals surface area contributed by atoms with Gasteiger partial charge in [-0.3, -0.25) is 9.78 Å². The lowest BCUT2D eigenvalue weighted by atomic mass is 9.78. The van der Waals surface area contributed by atoms with Crippen molar-refractivity contribution in [3.8, 4) is 0 Å². The number of sulfone groups is 1. The Bertz CT molecular complexity index is 1300. The summed E-state index contributed by atoms with van der Waals surface area (Å²) in [5.74, 6) is 1.34. The van der Waals surface area contributed by atoms with Crippen LogP contribution >= 0.6 is 0 Å². The Morgan fingerprint density at radius 3 is 2.35 bits per heavy atom. The van der Waals surface area contributed by atoms with Crippen LogP contribution in [-0.2, 0) is 14.6 Å². The fourth-order valence-electron chi connectivity index (χ4n) is 4.92. The molecule has 0 radical (unpaired) electrons. The van der Waals surface area contributed by atoms with Gasteiger partial charge in [0.05, 0.1) is 10.6 Å². The molecule has 0 saturated heterocycles. The van der Waals surface area contributed by atoms with E-state index in [0.29, 0.717) is 17.8 Å². The summed E-state index contributed by atoms with van der Waals surface area (Å²) >= 11 is 0. The minimum absolute atomic E-state index is 0.112. The number of anilines is 2. The molecule has 0 bridgehead atoms. The number of pyridine rings is 2. The van der Waals surface area contributed by atoms with Crippen LogP contribution in [0.5, 0.6) is 0 Å². The monoisotopic (exact) mass is 478 g/mol. The average Bonchev–Trinajstić information content (AvgIpc) is 2.81. The topological polar surface area (TPSA) is 101 Å². The number of rotatable bonds is 6. The summed E-state index contributed by atoms with van der Waals surface area (Å²) in [6, 6.07) is 11.0. The minimum Gasteiger partial charge on any atom is -0.353 e. The molecule has 2 aliphatic rings. The molecule has 2 N–H and O–H groups in total. The van der Waals surface area contributed by atoms with Crippen LogP contribution in [0.4, 0.5) is 11.5 Å². The van der Waals surface area contributed by atoms with E-state index in [1.54, 1.807) is 24.3 Å². The van der Waals surface area contributed by atoms with Crippen molar-refractivity contribution in [2.45, 2.75) is 61.8 Å². The van der Waals surface area contributed by atoms with E-state index < -0.39 is 9.84 Å². The molecule has 2 aliphatic carbocycles. The Morgan fingerprint density at radius 1 is 0.971 bits per heavy atom. The summed E-state index contributed by atoms with van der Waals surface area (Å²) in [5, 5.41) is 8.58. The molecule has 0 atom stereocenters. The van der Waals surface area contributed by atoms with Crippen LogP contribution in [-0.4, -0.2) is 36.6 Å². The molecule has 2 heterocycles. The molecular formula is C26H30N4O3S. The van der Waals surface area contributed by atoms with E-state index in [4.69, 9.17) is 4.98 Å². The van der Waals surface area contributed by atoms with E-state index in [2.05, 4.69) is 15.6 Å². The van der Waals surface area contributed by atoms with Gasteiger partial charge in [0, 0.05) is 53.0 Å². The van der Waals surface area contributed by atoms with Crippen LogP contribution < -0.4 is 10.6 Å². The van der Waals surface area contributed by atoms with E-state index in [-0.39, 0.29) is 16.7 Å². The molecule has 1 aromatic carbocycles. The van der Waals surface area contributed by atoms with Crippen molar-refractivity contribution in [2.24, 2.45) is 5.92 Å². The summed E-state index contributed by atoms with van der Waals surface area (Å²) in [4.78, 5) is 22.1. The molecule has 2 saturated carbocycles. The largest absolute Gasteiger partial charge is 0.353 e. The summed E-state index contributed by atoms with van der Waals surface area (Å²) in [7, 11) is -3.23. The average molecular weight is 479 g/mol. The van der Waals surface area contributed by atoms with Crippen molar-refractivity contribution >= 4 is 38.0 Å². The van der Waals surface area contributed by atoms with Gasteiger partial charge in [-0.05, 0) is 81.3 Å². The molecule has 2 aromatic heterocycles. The van der Waals surface area contributed by atoms with Gasteiger partial charge in [-0.1, -0.05) is 0 Å². The van der Waals surface area contributed by atoms with Crippen molar-refractivity contribution in [1.29, 1.82) is 0 Å². The third-order valence-electron chi connectivity index (χ3n) is 7.17. The number of aromatic nitrogens is 2. The Balaban J connectivity index is 1.31. The zero-order valence-corrected chi connectivity index (χ0v) is 20.1. The van der Waals surface area contributed by atoms with Gasteiger partial charge in [0.2, 0.25) is 5.91 Å². The molecule has 0 aliphatic heterocycles. The Morgan fingerprint density at radius 2 is 1.71 bits per heavy atom. The van der Waals surface area contributed by atoms with Crippen LogP contribution in [0.3, 0.4) is 0 Å². The molecular weight excluding hydrogens is 448 g/mol. The van der Waals surface area contributed by atoms with Gasteiger partial charge in [0.1, 0.15) is 5.82 Å². The fourth-order valence-corrected chi connectivity index (χ4v) is 5.55. The SMILES string of the molecule is CS(=O)(=O)c1ccc(Nc2cc3c(C4CCC(C(=O)NC5CCC5)CC4)nccc3cn2)cc1. The van der Waals surface area contributed by atoms with E-state index in [9.17, 15) is 13.2 Å². The molecule has 5 rings (SSSR count). The van der Waals surface area contributed by atoms with Crippen LogP contribution in [0.2, 0.25) is 0 Å². The highest BCUT2D eigenvalue weighted by Gasteiger charge is 2.30. The normalized spacial score (nSPS) is 21.1. The number of hydrogen-bond donors (Lipinski definition) is 2. The Hall–Kier alpha value is -3.00. The standard InChI is InChI=1S/C26H30N4O3S/c1-34(32,33)22-11-9-21(10-12-22)29-24-15-23-19(16-28-24)13-14-27-25(23)17-5-7-18(8-6-17)26(31)30-20-3-2-4-20/h9-18,20H,2-8H2,1H3,(H,28,29)(H,30,31). The molecule has 1 amide bonds. The van der Waals surface area contributed by atoms with Gasteiger partial charge in [0.25, 0.3) is 0 Å². The molecule has 34 heavy (non-hydrogen) atoms. The van der Waals surface area contributed by atoms with Crippen LogP contribution in [0, 0.1) is 5.92 Å². The highest BCUT2D eigenvalue weighted by Crippen LogP contribution is 2.38. The third-order valence-corrected chi connectivity index (χ3v) is 8.30. The summed E-state index contributed by atoms with van der Waals surface area (Å²) in [6.45, 7) is 0. The highest BCUT2D eigenvalue weighted by molar-refractivity contribution is 7.90. The van der Waals surface area contributed by atoms with E-state index >= 15 is 0 Å². The van der Waals surface area contributed by atoms with Gasteiger partial charge < -0.3 is 10.6 Å². The maximum atomic E-state index is 12.6. The summed E-state index contributed by atoms with van der Waals surface area (Å²) < 4.78 is 23.4. The predicted molar refractivity (Wildman–Crippen MR) is 133 cm³/mol. The van der Waals surface area contributed by atoms with Crippen LogP contribution in [0.15, 0.2) is 53.7 Å². The molecule has 178 valence electrons. The van der Waals surface area contributed by atoms with Crippen molar-refractivity contribution in [3.63, 3.8) is 0 Å². The number of hydrogen-bond acceptors (Lipinski definition) is 6. The highest BCUT2D eigenvalue weighted by atomic mass is 32.2. The number of carbonyl (C=O) groups is 1. The summed E-state index contributed by atoms with van der Waals surface area (Å²) in [6.07, 6.45) is 12.0. The molecule has 7 nitrogen and oxygen atoms in total. The second kappa shape index (κ2) is 9.33. The maximum Gasteiger partial charge on any atom is 0.223 e. The molecule has 3 aromatic rings. The first kappa shape index (κ1) is 22.8. The van der Waals surface area contributed by atoms with Crippen molar-refractivity contribution in [2.75, 3.05) is 11.6 Å². The molecule has 0 unspecified atom stereocenters. The van der Waals surface area contributed by atoms with Crippen LogP contribution in [0.25, 0.3) is 10.8 Å². The van der Waals surface area contributed by atoms with Crippen LogP contribution in [0.1, 0.15) is 56.6 Å². The van der Waals surface area contributed by atoms with E-state index in [0.717, 1.165) is 60.7 Å². The van der Waals surface area contributed by atoms with Gasteiger partial charge in [-0.15, -0.1) is 0 Å². The first-order valence-electron chi connectivity index (χ1n) is 12.0. The van der Waals surface area contributed by atoms with Gasteiger partial charge in [-0.25, -0.2) is 13.4 Å². The first-order chi connectivity index (χ1) is 16.4. The number of carbonyl (C=O) groups excluding carboxylic acids is 1. The second-order valence-corrected chi connectivity index (χ2v) is 11.6. The number of benzene rings is 1. The number of amides is 1. The van der Waals surface area contributed by atoms with Crippen molar-refractivity contribution < 1.29 is 13.2 Å². The second-order valence-electron chi connectivity index (χ2n) is 9.59. The lowest BCUT2D eigenvalue weighted by Crippen LogP contribution is -2.43. The molecule has 0 spiro atoms. The van der Waals surface area contributed by atoms with E-state index in [1.165, 1.54) is 12.7 Å². The molecule has 8 heteroatoms. The fraction of sp³-hybridized carbons (Fsp3) is 0.423. The number of nitrogens with one attached hydrogen (secondary N) is 2. The quantitative estimate of drug-likeness (QED) is 0.532. The predicted octanol–water partition coefficient (Wildman–Crippen LogP) is 4.72. The van der Waals surface area contributed by atoms with E-state index in [1.807, 2.05) is 24.5 Å². The first-order valence-corrected chi connectivity index (χ1v) is 13.9. The van der Waals surface area contributed by atoms with Gasteiger partial charge >= 0.3 is 0 Å². The van der Waals surface area contributed by atoms with Crippen molar-refractivity contribution in [1.82, 2.24) is 15.3 Å². The van der Waals surface area contributed by atoms with Gasteiger partial charge in [-0.2, -0.15) is 0 Å². The lowest BCUT2D eigenvalue weighted by Gasteiger charge is -2.32. The Kier molecular flexibility index (Phi) is 6.25. The van der Waals surface area contributed by atoms with Crippen molar-refractivity contribution in [3.05, 3.63) is 54.5 Å². The Labute approximate surface area is 200 Å². The number of fused-ring (bicyclic) bond motifs is 1. The maximum absolute atomic E-state index is 12.6. The lowest BCUT2D eigenvalue weighted by molar-refractivity contribution is -0.127. The zero-order valence-electron chi connectivity index (χ0n) is 19.3. The molecule has 2 fully saturated rings. The summed E-state index contributed by atoms with van der Waals surface area (Å²) in [5.41, 5.74) is 1.83. The number of nitrogens with zero attached hydrogens (tertiary/aromatic N) is 2. The minimum atomic E-state index is -3.23.